The lowest BCUT2D eigenvalue weighted by Gasteiger charge is -2.37. The first-order valence-electron chi connectivity index (χ1n) is 8.34. The highest BCUT2D eigenvalue weighted by Crippen LogP contribution is 2.26. The van der Waals surface area contributed by atoms with Crippen molar-refractivity contribution in [1.82, 2.24) is 9.80 Å². The standard InChI is InChI=1S/C17H20BrN3O5/c1-25-15(22)14-10-26-17(24)21(14)11-6-8-20(9-7-11)16(23)19-13-5-3-2-4-12(13)18/h2-5,11,14H,6-10H2,1H3,(H,19,23). The maximum Gasteiger partial charge on any atom is 0.410 e. The number of esters is 1. The molecule has 1 aromatic rings. The number of halogens is 1. The van der Waals surface area contributed by atoms with E-state index in [4.69, 9.17) is 9.47 Å². The number of piperidine rings is 1. The average Bonchev–Trinajstić information content (AvgIpc) is 3.04. The SMILES string of the molecule is COC(=O)C1COC(=O)N1C1CCN(C(=O)Nc2ccccc2Br)CC1. The molecule has 1 atom stereocenters. The molecule has 2 aliphatic rings. The van der Waals surface area contributed by atoms with Crippen LogP contribution in [0, 0.1) is 0 Å². The summed E-state index contributed by atoms with van der Waals surface area (Å²) in [5.41, 5.74) is 0.702. The second kappa shape index (κ2) is 7.94. The topological polar surface area (TPSA) is 88.2 Å². The van der Waals surface area contributed by atoms with Crippen LogP contribution in [-0.2, 0) is 14.3 Å². The predicted octanol–water partition coefficient (Wildman–Crippen LogP) is 2.44. The minimum atomic E-state index is -0.710. The third-order valence-corrected chi connectivity index (χ3v) is 5.34. The number of methoxy groups -OCH3 is 1. The van der Waals surface area contributed by atoms with Crippen molar-refractivity contribution < 1.29 is 23.9 Å². The largest absolute Gasteiger partial charge is 0.467 e. The Balaban J connectivity index is 1.58. The molecule has 0 aromatic heterocycles. The van der Waals surface area contributed by atoms with Gasteiger partial charge in [0.2, 0.25) is 0 Å². The summed E-state index contributed by atoms with van der Waals surface area (Å²) in [5, 5.41) is 2.87. The Hall–Kier alpha value is -2.29. The molecule has 1 N–H and O–H groups in total. The van der Waals surface area contributed by atoms with Gasteiger partial charge in [0.1, 0.15) is 6.61 Å². The lowest BCUT2D eigenvalue weighted by Crippen LogP contribution is -2.52. The summed E-state index contributed by atoms with van der Waals surface area (Å²) >= 11 is 3.40. The highest BCUT2D eigenvalue weighted by molar-refractivity contribution is 9.10. The number of rotatable bonds is 3. The van der Waals surface area contributed by atoms with Crippen LogP contribution in [0.2, 0.25) is 0 Å². The number of carbonyl (C=O) groups is 3. The lowest BCUT2D eigenvalue weighted by atomic mass is 10.0. The highest BCUT2D eigenvalue weighted by atomic mass is 79.9. The first-order chi connectivity index (χ1) is 12.5. The van der Waals surface area contributed by atoms with E-state index in [9.17, 15) is 14.4 Å². The van der Waals surface area contributed by atoms with Gasteiger partial charge in [-0.3, -0.25) is 4.90 Å². The first-order valence-corrected chi connectivity index (χ1v) is 9.14. The van der Waals surface area contributed by atoms with Gasteiger partial charge in [0, 0.05) is 23.6 Å². The number of ether oxygens (including phenoxy) is 2. The van der Waals surface area contributed by atoms with E-state index in [1.807, 2.05) is 24.3 Å². The predicted molar refractivity (Wildman–Crippen MR) is 96.7 cm³/mol. The highest BCUT2D eigenvalue weighted by Gasteiger charge is 2.44. The van der Waals surface area contributed by atoms with E-state index >= 15 is 0 Å². The molecular formula is C17H20BrN3O5. The monoisotopic (exact) mass is 425 g/mol. The third-order valence-electron chi connectivity index (χ3n) is 4.65. The van der Waals surface area contributed by atoms with Gasteiger partial charge in [-0.1, -0.05) is 12.1 Å². The molecule has 0 aliphatic carbocycles. The molecule has 0 radical (unpaired) electrons. The van der Waals surface area contributed by atoms with Crippen molar-refractivity contribution in [2.75, 3.05) is 32.1 Å². The number of anilines is 1. The molecule has 1 aromatic carbocycles. The number of nitrogens with zero attached hydrogens (tertiary/aromatic N) is 2. The Morgan fingerprint density at radius 1 is 1.27 bits per heavy atom. The summed E-state index contributed by atoms with van der Waals surface area (Å²) in [7, 11) is 1.29. The maximum atomic E-state index is 12.4. The van der Waals surface area contributed by atoms with Crippen molar-refractivity contribution in [2.45, 2.75) is 24.9 Å². The zero-order valence-electron chi connectivity index (χ0n) is 14.3. The molecule has 2 saturated heterocycles. The summed E-state index contributed by atoms with van der Waals surface area (Å²) < 4.78 is 10.6. The first kappa shape index (κ1) is 18.5. The van der Waals surface area contributed by atoms with Crippen molar-refractivity contribution in [1.29, 1.82) is 0 Å². The van der Waals surface area contributed by atoms with Crippen LogP contribution in [0.4, 0.5) is 15.3 Å². The number of amides is 3. The van der Waals surface area contributed by atoms with Gasteiger partial charge in [-0.15, -0.1) is 0 Å². The fraction of sp³-hybridized carbons (Fsp3) is 0.471. The Morgan fingerprint density at radius 3 is 2.62 bits per heavy atom. The lowest BCUT2D eigenvalue weighted by molar-refractivity contribution is -0.145. The summed E-state index contributed by atoms with van der Waals surface area (Å²) in [5.74, 6) is -0.482. The Labute approximate surface area is 159 Å². The molecule has 2 fully saturated rings. The van der Waals surface area contributed by atoms with E-state index in [-0.39, 0.29) is 18.7 Å². The molecule has 0 bridgehead atoms. The minimum Gasteiger partial charge on any atom is -0.467 e. The molecule has 9 heteroatoms. The van der Waals surface area contributed by atoms with Gasteiger partial charge < -0.3 is 19.7 Å². The number of cyclic esters (lactones) is 1. The van der Waals surface area contributed by atoms with Crippen molar-refractivity contribution in [3.05, 3.63) is 28.7 Å². The molecule has 0 saturated carbocycles. The summed E-state index contributed by atoms with van der Waals surface area (Å²) in [6.45, 7) is 0.978. The van der Waals surface area contributed by atoms with E-state index in [0.29, 0.717) is 31.6 Å². The summed E-state index contributed by atoms with van der Waals surface area (Å²) in [6.07, 6.45) is 0.648. The van der Waals surface area contributed by atoms with Crippen LogP contribution in [-0.4, -0.2) is 66.8 Å². The van der Waals surface area contributed by atoms with E-state index in [1.54, 1.807) is 4.90 Å². The summed E-state index contributed by atoms with van der Waals surface area (Å²) in [6, 6.07) is 6.34. The van der Waals surface area contributed by atoms with E-state index < -0.39 is 18.1 Å². The van der Waals surface area contributed by atoms with Crippen molar-refractivity contribution in [3.63, 3.8) is 0 Å². The van der Waals surface area contributed by atoms with Crippen molar-refractivity contribution >= 4 is 39.7 Å². The van der Waals surface area contributed by atoms with Gasteiger partial charge in [-0.25, -0.2) is 14.4 Å². The van der Waals surface area contributed by atoms with Crippen LogP contribution >= 0.6 is 15.9 Å². The third kappa shape index (κ3) is 3.77. The van der Waals surface area contributed by atoms with Gasteiger partial charge in [-0.2, -0.15) is 0 Å². The second-order valence-corrected chi connectivity index (χ2v) is 7.01. The van der Waals surface area contributed by atoms with Gasteiger partial charge in [0.25, 0.3) is 0 Å². The normalized spacial score (nSPS) is 20.7. The number of urea groups is 1. The van der Waals surface area contributed by atoms with Gasteiger partial charge in [0.05, 0.1) is 12.8 Å². The smallest absolute Gasteiger partial charge is 0.410 e. The van der Waals surface area contributed by atoms with E-state index in [2.05, 4.69) is 21.2 Å². The number of hydrogen-bond donors (Lipinski definition) is 1. The molecule has 26 heavy (non-hydrogen) atoms. The molecule has 3 rings (SSSR count). The van der Waals surface area contributed by atoms with E-state index in [0.717, 1.165) is 4.47 Å². The molecule has 2 heterocycles. The van der Waals surface area contributed by atoms with Gasteiger partial charge >= 0.3 is 18.1 Å². The number of benzene rings is 1. The number of likely N-dealkylation sites (tertiary alicyclic amines) is 1. The second-order valence-electron chi connectivity index (χ2n) is 6.15. The molecule has 2 aliphatic heterocycles. The number of carbonyl (C=O) groups excluding carboxylic acids is 3. The minimum absolute atomic E-state index is 0.00818. The summed E-state index contributed by atoms with van der Waals surface area (Å²) in [4.78, 5) is 39.4. The molecule has 0 spiro atoms. The van der Waals surface area contributed by atoms with Gasteiger partial charge in [0.15, 0.2) is 6.04 Å². The van der Waals surface area contributed by atoms with Crippen LogP contribution in [0.1, 0.15) is 12.8 Å². The quantitative estimate of drug-likeness (QED) is 0.751. The van der Waals surface area contributed by atoms with Crippen LogP contribution in [0.3, 0.4) is 0 Å². The fourth-order valence-corrected chi connectivity index (χ4v) is 3.64. The molecule has 8 nitrogen and oxygen atoms in total. The van der Waals surface area contributed by atoms with Crippen molar-refractivity contribution in [3.8, 4) is 0 Å². The zero-order valence-corrected chi connectivity index (χ0v) is 15.9. The number of hydrogen-bond acceptors (Lipinski definition) is 5. The zero-order chi connectivity index (χ0) is 18.7. The Bertz CT molecular complexity index is 705. The molecule has 1 unspecified atom stereocenters. The Morgan fingerprint density at radius 2 is 1.96 bits per heavy atom. The average molecular weight is 426 g/mol. The molecular weight excluding hydrogens is 406 g/mol. The fourth-order valence-electron chi connectivity index (χ4n) is 3.26. The van der Waals surface area contributed by atoms with Crippen molar-refractivity contribution in [2.24, 2.45) is 0 Å². The van der Waals surface area contributed by atoms with Crippen LogP contribution in [0.5, 0.6) is 0 Å². The molecule has 3 amide bonds. The van der Waals surface area contributed by atoms with Crippen LogP contribution in [0.25, 0.3) is 0 Å². The number of para-hydroxylation sites is 1. The Kier molecular flexibility index (Phi) is 5.65. The van der Waals surface area contributed by atoms with Crippen LogP contribution < -0.4 is 5.32 Å². The molecule has 140 valence electrons. The van der Waals surface area contributed by atoms with Crippen LogP contribution in [0.15, 0.2) is 28.7 Å². The number of nitrogens with one attached hydrogen (secondary N) is 1. The maximum absolute atomic E-state index is 12.4. The van der Waals surface area contributed by atoms with E-state index in [1.165, 1.54) is 12.0 Å². The van der Waals surface area contributed by atoms with Gasteiger partial charge in [-0.05, 0) is 40.9 Å².